The van der Waals surface area contributed by atoms with Crippen molar-refractivity contribution in [3.8, 4) is 6.07 Å². The van der Waals surface area contributed by atoms with E-state index in [2.05, 4.69) is 35.4 Å². The van der Waals surface area contributed by atoms with Crippen LogP contribution < -0.4 is 5.32 Å². The number of aryl methyl sites for hydroxylation is 1. The van der Waals surface area contributed by atoms with Gasteiger partial charge < -0.3 is 10.3 Å². The predicted octanol–water partition coefficient (Wildman–Crippen LogP) is 3.96. The van der Waals surface area contributed by atoms with Crippen LogP contribution in [-0.2, 0) is 6.54 Å². The van der Waals surface area contributed by atoms with E-state index in [0.29, 0.717) is 12.1 Å². The molecule has 0 radical (unpaired) electrons. The van der Waals surface area contributed by atoms with Crippen LogP contribution in [0.3, 0.4) is 0 Å². The minimum atomic E-state index is 0.675. The molecule has 2 N–H and O–H groups in total. The number of H-pyrrole nitrogens is 1. The predicted molar refractivity (Wildman–Crippen MR) is 81.5 cm³/mol. The summed E-state index contributed by atoms with van der Waals surface area (Å²) in [6, 6.07) is 18.4. The highest BCUT2D eigenvalue weighted by Gasteiger charge is 2.10. The summed E-state index contributed by atoms with van der Waals surface area (Å²) in [7, 11) is 0. The van der Waals surface area contributed by atoms with Crippen molar-refractivity contribution in [2.75, 3.05) is 5.32 Å². The van der Waals surface area contributed by atoms with Gasteiger partial charge in [0.25, 0.3) is 0 Å². The smallest absolute Gasteiger partial charge is 0.122 e. The fourth-order valence-electron chi connectivity index (χ4n) is 2.38. The van der Waals surface area contributed by atoms with Crippen LogP contribution in [0.2, 0.25) is 0 Å². The maximum atomic E-state index is 9.35. The first-order valence-electron chi connectivity index (χ1n) is 6.59. The average Bonchev–Trinajstić information content (AvgIpc) is 2.84. The molecule has 3 heteroatoms. The monoisotopic (exact) mass is 261 g/mol. The third-order valence-corrected chi connectivity index (χ3v) is 3.53. The molecule has 3 aromatic rings. The summed E-state index contributed by atoms with van der Waals surface area (Å²) < 4.78 is 0. The molecule has 0 saturated carbocycles. The van der Waals surface area contributed by atoms with E-state index in [1.54, 1.807) is 0 Å². The summed E-state index contributed by atoms with van der Waals surface area (Å²) >= 11 is 0. The highest BCUT2D eigenvalue weighted by Crippen LogP contribution is 2.25. The number of fused-ring (bicyclic) bond motifs is 1. The second-order valence-electron chi connectivity index (χ2n) is 4.81. The van der Waals surface area contributed by atoms with Gasteiger partial charge in [-0.25, -0.2) is 0 Å². The first-order valence-corrected chi connectivity index (χ1v) is 6.59. The van der Waals surface area contributed by atoms with Gasteiger partial charge in [-0.2, -0.15) is 5.26 Å². The van der Waals surface area contributed by atoms with Gasteiger partial charge in [-0.1, -0.05) is 42.5 Å². The maximum Gasteiger partial charge on any atom is 0.122 e. The molecule has 1 aromatic heterocycles. The molecular weight excluding hydrogens is 246 g/mol. The van der Waals surface area contributed by atoms with Gasteiger partial charge in [0, 0.05) is 17.4 Å². The quantitative estimate of drug-likeness (QED) is 0.749. The zero-order valence-electron chi connectivity index (χ0n) is 11.3. The van der Waals surface area contributed by atoms with E-state index < -0.39 is 0 Å². The van der Waals surface area contributed by atoms with Crippen LogP contribution in [0.5, 0.6) is 0 Å². The molecule has 0 aliphatic heterocycles. The molecule has 20 heavy (non-hydrogen) atoms. The Morgan fingerprint density at radius 3 is 2.65 bits per heavy atom. The van der Waals surface area contributed by atoms with E-state index in [-0.39, 0.29) is 0 Å². The molecule has 3 nitrogen and oxygen atoms in total. The summed E-state index contributed by atoms with van der Waals surface area (Å²) in [4.78, 5) is 3.27. The summed E-state index contributed by atoms with van der Waals surface area (Å²) in [6.07, 6.45) is 0. The fourth-order valence-corrected chi connectivity index (χ4v) is 2.38. The Hall–Kier alpha value is -2.73. The van der Waals surface area contributed by atoms with Crippen LogP contribution in [-0.4, -0.2) is 4.98 Å². The second-order valence-corrected chi connectivity index (χ2v) is 4.81. The summed E-state index contributed by atoms with van der Waals surface area (Å²) in [5.41, 5.74) is 4.13. The Morgan fingerprint density at radius 2 is 1.85 bits per heavy atom. The summed E-state index contributed by atoms with van der Waals surface area (Å²) in [6.45, 7) is 2.79. The number of para-hydroxylation sites is 1. The Bertz CT molecular complexity index is 793. The van der Waals surface area contributed by atoms with Gasteiger partial charge >= 0.3 is 0 Å². The van der Waals surface area contributed by atoms with Crippen LogP contribution in [0.25, 0.3) is 10.9 Å². The molecule has 0 saturated heterocycles. The highest BCUT2D eigenvalue weighted by atomic mass is 15.0. The molecule has 1 heterocycles. The highest BCUT2D eigenvalue weighted by molar-refractivity contribution is 5.91. The minimum Gasteiger partial charge on any atom is -0.366 e. The number of nitriles is 1. The van der Waals surface area contributed by atoms with E-state index in [0.717, 1.165) is 16.7 Å². The first kappa shape index (κ1) is 12.3. The normalized spacial score (nSPS) is 10.4. The number of rotatable bonds is 3. The van der Waals surface area contributed by atoms with Gasteiger partial charge in [0.15, 0.2) is 0 Å². The third-order valence-electron chi connectivity index (χ3n) is 3.53. The van der Waals surface area contributed by atoms with Crippen molar-refractivity contribution in [3.05, 3.63) is 65.2 Å². The Labute approximate surface area is 117 Å². The van der Waals surface area contributed by atoms with Crippen LogP contribution in [0.1, 0.15) is 16.7 Å². The van der Waals surface area contributed by atoms with Gasteiger partial charge in [0.05, 0.1) is 0 Å². The van der Waals surface area contributed by atoms with Gasteiger partial charge in [-0.05, 0) is 24.1 Å². The zero-order valence-corrected chi connectivity index (χ0v) is 11.3. The van der Waals surface area contributed by atoms with Crippen LogP contribution in [0.15, 0.2) is 48.5 Å². The molecule has 0 aliphatic carbocycles. The number of hydrogen-bond acceptors (Lipinski definition) is 2. The van der Waals surface area contributed by atoms with Crippen molar-refractivity contribution in [3.63, 3.8) is 0 Å². The van der Waals surface area contributed by atoms with Gasteiger partial charge in [-0.3, -0.25) is 0 Å². The molecule has 0 unspecified atom stereocenters. The zero-order chi connectivity index (χ0) is 13.9. The lowest BCUT2D eigenvalue weighted by atomic mass is 10.1. The van der Waals surface area contributed by atoms with Gasteiger partial charge in [-0.15, -0.1) is 0 Å². The minimum absolute atomic E-state index is 0.675. The number of hydrogen-bond donors (Lipinski definition) is 2. The molecule has 2 aromatic carbocycles. The standard InChI is InChI=1S/C17H15N3/c1-12-6-2-3-7-13(12)11-19-17-15(10-18)14-8-4-5-9-16(14)20-17/h2-9,19-20H,11H2,1H3. The number of benzene rings is 2. The third kappa shape index (κ3) is 2.12. The number of nitrogens with zero attached hydrogens (tertiary/aromatic N) is 1. The van der Waals surface area contributed by atoms with E-state index in [9.17, 15) is 5.26 Å². The SMILES string of the molecule is Cc1ccccc1CNc1[nH]c2ccccc2c1C#N. The lowest BCUT2D eigenvalue weighted by molar-refractivity contribution is 1.10. The van der Waals surface area contributed by atoms with Gasteiger partial charge in [0.2, 0.25) is 0 Å². The molecule has 0 bridgehead atoms. The van der Waals surface area contributed by atoms with Crippen molar-refractivity contribution in [2.24, 2.45) is 0 Å². The second kappa shape index (κ2) is 5.10. The van der Waals surface area contributed by atoms with E-state index in [4.69, 9.17) is 0 Å². The number of nitrogens with one attached hydrogen (secondary N) is 2. The first-order chi connectivity index (χ1) is 9.79. The lowest BCUT2D eigenvalue weighted by Crippen LogP contribution is -2.02. The molecule has 98 valence electrons. The topological polar surface area (TPSA) is 51.6 Å². The van der Waals surface area contributed by atoms with Crippen molar-refractivity contribution in [2.45, 2.75) is 13.5 Å². The summed E-state index contributed by atoms with van der Waals surface area (Å²) in [5.74, 6) is 0.789. The van der Waals surface area contributed by atoms with Crippen molar-refractivity contribution in [1.29, 1.82) is 5.26 Å². The van der Waals surface area contributed by atoms with Crippen LogP contribution >= 0.6 is 0 Å². The van der Waals surface area contributed by atoms with Crippen molar-refractivity contribution < 1.29 is 0 Å². The Morgan fingerprint density at radius 1 is 1.10 bits per heavy atom. The summed E-state index contributed by atoms with van der Waals surface area (Å²) in [5, 5.41) is 13.6. The number of aromatic nitrogens is 1. The molecule has 0 spiro atoms. The number of anilines is 1. The van der Waals surface area contributed by atoms with Crippen molar-refractivity contribution >= 4 is 16.7 Å². The Balaban J connectivity index is 1.92. The van der Waals surface area contributed by atoms with Crippen molar-refractivity contribution in [1.82, 2.24) is 4.98 Å². The van der Waals surface area contributed by atoms with Crippen LogP contribution in [0.4, 0.5) is 5.82 Å². The van der Waals surface area contributed by atoms with E-state index in [1.165, 1.54) is 11.1 Å². The van der Waals surface area contributed by atoms with Crippen LogP contribution in [0, 0.1) is 18.3 Å². The molecular formula is C17H15N3. The van der Waals surface area contributed by atoms with E-state index in [1.807, 2.05) is 36.4 Å². The maximum absolute atomic E-state index is 9.35. The molecule has 0 amide bonds. The molecule has 0 atom stereocenters. The molecule has 0 aliphatic rings. The average molecular weight is 261 g/mol. The van der Waals surface area contributed by atoms with E-state index >= 15 is 0 Å². The molecule has 0 fully saturated rings. The molecule has 3 rings (SSSR count). The fraction of sp³-hybridized carbons (Fsp3) is 0.118. The number of aromatic amines is 1. The largest absolute Gasteiger partial charge is 0.366 e. The van der Waals surface area contributed by atoms with Gasteiger partial charge in [0.1, 0.15) is 17.5 Å². The Kier molecular flexibility index (Phi) is 3.14. The lowest BCUT2D eigenvalue weighted by Gasteiger charge is -2.07.